The summed E-state index contributed by atoms with van der Waals surface area (Å²) >= 11 is 0. The number of imidazole rings is 1. The van der Waals surface area contributed by atoms with Gasteiger partial charge in [0.15, 0.2) is 12.1 Å². The number of unbranched alkanes of at least 4 members (excludes halogenated alkanes) is 1. The zero-order chi connectivity index (χ0) is 33.3. The van der Waals surface area contributed by atoms with Gasteiger partial charge >= 0.3 is 18.2 Å². The molecule has 1 aliphatic rings. The number of hydrogen-bond donors (Lipinski definition) is 2. The number of aromatic nitrogens is 6. The Morgan fingerprint density at radius 2 is 1.83 bits per heavy atom. The molecule has 1 unspecified atom stereocenters. The van der Waals surface area contributed by atoms with Crippen LogP contribution in [0.3, 0.4) is 0 Å². The molecule has 3 aromatic carbocycles. The molecule has 14 heteroatoms. The molecule has 2 aromatic heterocycles. The van der Waals surface area contributed by atoms with E-state index in [0.717, 1.165) is 6.07 Å². The lowest BCUT2D eigenvalue weighted by molar-refractivity contribution is -0.795. The van der Waals surface area contributed by atoms with Crippen molar-refractivity contribution in [2.45, 2.75) is 63.9 Å². The van der Waals surface area contributed by atoms with Crippen LogP contribution >= 0.6 is 0 Å². The van der Waals surface area contributed by atoms with Crippen LogP contribution in [0.5, 0.6) is 5.75 Å². The van der Waals surface area contributed by atoms with E-state index in [1.165, 1.54) is 17.0 Å². The Labute approximate surface area is 267 Å². The predicted octanol–water partition coefficient (Wildman–Crippen LogP) is 6.89. The van der Waals surface area contributed by atoms with Crippen LogP contribution in [0.15, 0.2) is 73.1 Å². The molecule has 2 N–H and O–H groups in total. The third-order valence-corrected chi connectivity index (χ3v) is 8.88. The minimum absolute atomic E-state index is 0.00803. The molecule has 0 aliphatic carbocycles. The molecule has 1 saturated heterocycles. The van der Waals surface area contributed by atoms with E-state index in [4.69, 9.17) is 4.74 Å². The second kappa shape index (κ2) is 12.6. The van der Waals surface area contributed by atoms with E-state index in [9.17, 15) is 27.9 Å². The highest BCUT2D eigenvalue weighted by Gasteiger charge is 2.59. The van der Waals surface area contributed by atoms with Gasteiger partial charge < -0.3 is 14.4 Å². The lowest BCUT2D eigenvalue weighted by atomic mass is 9.96. The number of alkyl halides is 3. The molecule has 11 nitrogen and oxygen atoms in total. The zero-order valence-corrected chi connectivity index (χ0v) is 25.7. The van der Waals surface area contributed by atoms with Crippen LogP contribution in [0.2, 0.25) is 0 Å². The number of nitrogens with one attached hydrogen (secondary N) is 1. The number of ether oxygens (including phenoxy) is 1. The number of nitrogens with zero attached hydrogens (tertiary/aromatic N) is 6. The smallest absolute Gasteiger partial charge is 0.484 e. The Balaban J connectivity index is 1.46. The average Bonchev–Trinajstić information content (AvgIpc) is 3.81. The van der Waals surface area contributed by atoms with Gasteiger partial charge in [-0.05, 0) is 54.0 Å². The highest BCUT2D eigenvalue weighted by atomic mass is 19.4. The minimum Gasteiger partial charge on any atom is -0.484 e. The molecule has 47 heavy (non-hydrogen) atoms. The van der Waals surface area contributed by atoms with E-state index in [0.29, 0.717) is 29.7 Å². The van der Waals surface area contributed by atoms with E-state index >= 15 is 0 Å². The number of carbonyl (C=O) groups is 2. The van der Waals surface area contributed by atoms with E-state index < -0.39 is 46.4 Å². The molecule has 5 aromatic rings. The van der Waals surface area contributed by atoms with E-state index in [2.05, 4.69) is 25.6 Å². The second-order valence-electron chi connectivity index (χ2n) is 11.8. The summed E-state index contributed by atoms with van der Waals surface area (Å²) in [5.41, 5.74) is -0.169. The molecule has 244 valence electrons. The molecule has 2 amide bonds. The van der Waals surface area contributed by atoms with Crippen LogP contribution in [0.4, 0.5) is 18.0 Å². The molecule has 4 atom stereocenters. The molecule has 0 bridgehead atoms. The quantitative estimate of drug-likeness (QED) is 0.165. The van der Waals surface area contributed by atoms with Crippen LogP contribution in [-0.2, 0) is 11.0 Å². The third-order valence-electron chi connectivity index (χ3n) is 8.88. The Bertz CT molecular complexity index is 1900. The van der Waals surface area contributed by atoms with Crippen molar-refractivity contribution >= 4 is 23.0 Å². The zero-order valence-electron chi connectivity index (χ0n) is 25.7. The first-order chi connectivity index (χ1) is 22.5. The first kappa shape index (κ1) is 31.9. The van der Waals surface area contributed by atoms with Crippen molar-refractivity contribution in [3.8, 4) is 28.3 Å². The number of amides is 2. The standard InChI is InChI=1S/C33H32F3N7O4/c1-3-4-14-28(31(44)43(32(45)46)18-23(15-20(43)2)47-22-10-6-5-7-11-22)42-19-37-27-17-21(16-26(29(27)42)33(34,35)36)24-12-8-9-13-25(24)30-38-40-41-39-30/h5-13,16-17,19-20,23,28H,3-4,14-15,18H2,1-2H3,(H-,38,39,40,41,45,46)/p+1/t20-,23-,28?,43-/m1/s1. The van der Waals surface area contributed by atoms with Crippen molar-refractivity contribution in [1.29, 1.82) is 0 Å². The monoisotopic (exact) mass is 648 g/mol. The van der Waals surface area contributed by atoms with Crippen LogP contribution in [-0.4, -0.2) is 70.5 Å². The highest BCUT2D eigenvalue weighted by molar-refractivity contribution is 5.91. The number of aromatic amines is 1. The van der Waals surface area contributed by atoms with Crippen molar-refractivity contribution in [3.05, 3.63) is 78.6 Å². The number of hydrogen-bond acceptors (Lipinski definition) is 7. The van der Waals surface area contributed by atoms with Crippen molar-refractivity contribution in [1.82, 2.24) is 30.2 Å². The van der Waals surface area contributed by atoms with Gasteiger partial charge in [-0.3, -0.25) is 0 Å². The Hall–Kier alpha value is -5.11. The molecule has 0 saturated carbocycles. The maximum Gasteiger partial charge on any atom is 0.521 e. The van der Waals surface area contributed by atoms with E-state index in [1.807, 2.05) is 13.0 Å². The molecular formula is C33H33F3N7O4+. The van der Waals surface area contributed by atoms with Gasteiger partial charge in [-0.1, -0.05) is 62.2 Å². The van der Waals surface area contributed by atoms with Crippen molar-refractivity contribution in [2.75, 3.05) is 6.54 Å². The summed E-state index contributed by atoms with van der Waals surface area (Å²) in [5, 5.41) is 24.5. The number of halogens is 3. The minimum atomic E-state index is -4.83. The lowest BCUT2D eigenvalue weighted by Crippen LogP contribution is -2.61. The average molecular weight is 649 g/mol. The summed E-state index contributed by atoms with van der Waals surface area (Å²) in [7, 11) is 0. The number of rotatable bonds is 9. The van der Waals surface area contributed by atoms with Crippen LogP contribution in [0, 0.1) is 0 Å². The molecule has 0 spiro atoms. The number of carbonyl (C=O) groups excluding carboxylic acids is 1. The number of fused-ring (bicyclic) bond motifs is 1. The number of benzene rings is 3. The van der Waals surface area contributed by atoms with Gasteiger partial charge in [-0.2, -0.15) is 27.7 Å². The third kappa shape index (κ3) is 5.84. The fourth-order valence-corrected chi connectivity index (χ4v) is 6.61. The lowest BCUT2D eigenvalue weighted by Gasteiger charge is -2.33. The van der Waals surface area contributed by atoms with Crippen molar-refractivity contribution in [3.63, 3.8) is 0 Å². The number of H-pyrrole nitrogens is 1. The van der Waals surface area contributed by atoms with Gasteiger partial charge in [0.25, 0.3) is 0 Å². The highest BCUT2D eigenvalue weighted by Crippen LogP contribution is 2.42. The Morgan fingerprint density at radius 1 is 1.11 bits per heavy atom. The summed E-state index contributed by atoms with van der Waals surface area (Å²) in [4.78, 5) is 31.9. The largest absolute Gasteiger partial charge is 0.521 e. The van der Waals surface area contributed by atoms with Crippen LogP contribution in [0.1, 0.15) is 51.1 Å². The van der Waals surface area contributed by atoms with Crippen LogP contribution < -0.4 is 4.74 Å². The molecule has 1 fully saturated rings. The maximum atomic E-state index is 14.9. The first-order valence-electron chi connectivity index (χ1n) is 15.3. The molecule has 0 radical (unpaired) electrons. The number of para-hydroxylation sites is 1. The Morgan fingerprint density at radius 3 is 2.49 bits per heavy atom. The van der Waals surface area contributed by atoms with Crippen molar-refractivity contribution in [2.24, 2.45) is 0 Å². The predicted molar refractivity (Wildman–Crippen MR) is 165 cm³/mol. The topological polar surface area (TPSA) is 136 Å². The van der Waals surface area contributed by atoms with Crippen molar-refractivity contribution < 1.29 is 37.1 Å². The second-order valence-corrected chi connectivity index (χ2v) is 11.8. The summed E-state index contributed by atoms with van der Waals surface area (Å²) in [5.74, 6) is 0.0377. The molecular weight excluding hydrogens is 615 g/mol. The van der Waals surface area contributed by atoms with Gasteiger partial charge in [-0.25, -0.2) is 9.78 Å². The van der Waals surface area contributed by atoms with Gasteiger partial charge in [0.2, 0.25) is 5.82 Å². The summed E-state index contributed by atoms with van der Waals surface area (Å²) in [6, 6.07) is 16.2. The van der Waals surface area contributed by atoms with Gasteiger partial charge in [-0.15, -0.1) is 10.2 Å². The van der Waals surface area contributed by atoms with E-state index in [1.54, 1.807) is 55.5 Å². The summed E-state index contributed by atoms with van der Waals surface area (Å²) in [6.45, 7) is 3.40. The van der Waals surface area contributed by atoms with E-state index in [-0.39, 0.29) is 41.8 Å². The summed E-state index contributed by atoms with van der Waals surface area (Å²) < 4.78 is 51.0. The number of likely N-dealkylation sites (tertiary alicyclic amines) is 1. The molecule has 3 heterocycles. The first-order valence-corrected chi connectivity index (χ1v) is 15.3. The Kier molecular flexibility index (Phi) is 8.53. The number of quaternary nitrogens is 1. The fourth-order valence-electron chi connectivity index (χ4n) is 6.61. The van der Waals surface area contributed by atoms with Gasteiger partial charge in [0.1, 0.15) is 18.3 Å². The molecule has 6 rings (SSSR count). The number of carboxylic acid groups (broad SMARTS) is 1. The SMILES string of the molecule is CCCCC(C(=O)[N@@+]1(C(=O)O)C[C@H](Oc2ccccc2)C[C@H]1C)n1cnc2cc(-c3ccccc3-c3nn[nH]n3)cc(C(F)(F)F)c21. The van der Waals surface area contributed by atoms with Crippen LogP contribution in [0.25, 0.3) is 33.5 Å². The number of tetrazole rings is 1. The fraction of sp³-hybridized carbons (Fsp3) is 0.333. The normalized spacial score (nSPS) is 20.4. The maximum absolute atomic E-state index is 14.9. The van der Waals surface area contributed by atoms with Gasteiger partial charge in [0, 0.05) is 12.0 Å². The van der Waals surface area contributed by atoms with Gasteiger partial charge in [0.05, 0.1) is 22.9 Å². The summed E-state index contributed by atoms with van der Waals surface area (Å²) in [6.07, 6.45) is -4.06. The number of imide groups is 1. The molecule has 1 aliphatic heterocycles.